The van der Waals surface area contributed by atoms with Crippen LogP contribution in [0.1, 0.15) is 57.9 Å². The van der Waals surface area contributed by atoms with Crippen molar-refractivity contribution in [3.8, 4) is 0 Å². The van der Waals surface area contributed by atoms with Gasteiger partial charge in [0.25, 0.3) is 0 Å². The van der Waals surface area contributed by atoms with E-state index in [4.69, 9.17) is 0 Å². The molecule has 0 spiro atoms. The molecule has 0 radical (unpaired) electrons. The molecule has 1 atom stereocenters. The van der Waals surface area contributed by atoms with Crippen LogP contribution in [0.4, 0.5) is 4.39 Å². The number of nitrogens with one attached hydrogen (secondary N) is 1. The third-order valence-electron chi connectivity index (χ3n) is 5.11. The molecule has 21 heavy (non-hydrogen) atoms. The van der Waals surface area contributed by atoms with Crippen LogP contribution in [0, 0.1) is 11.2 Å². The minimum Gasteiger partial charge on any atom is -0.313 e. The molecule has 3 heteroatoms. The first-order valence-electron chi connectivity index (χ1n) is 8.28. The highest BCUT2D eigenvalue weighted by molar-refractivity contribution is 9.10. The van der Waals surface area contributed by atoms with Crippen molar-refractivity contribution in [2.75, 3.05) is 6.54 Å². The molecule has 1 fully saturated rings. The monoisotopic (exact) mass is 355 g/mol. The maximum absolute atomic E-state index is 13.4. The molecule has 118 valence electrons. The van der Waals surface area contributed by atoms with Gasteiger partial charge in [-0.1, -0.05) is 32.8 Å². The van der Waals surface area contributed by atoms with Gasteiger partial charge in [0.05, 0.1) is 4.47 Å². The number of rotatable bonds is 7. The Morgan fingerprint density at radius 1 is 1.29 bits per heavy atom. The summed E-state index contributed by atoms with van der Waals surface area (Å²) in [6.07, 6.45) is 8.74. The third kappa shape index (κ3) is 4.07. The predicted octanol–water partition coefficient (Wildman–Crippen LogP) is 5.47. The van der Waals surface area contributed by atoms with E-state index < -0.39 is 0 Å². The van der Waals surface area contributed by atoms with Crippen LogP contribution >= 0.6 is 15.9 Å². The summed E-state index contributed by atoms with van der Waals surface area (Å²) in [6, 6.07) is 5.94. The van der Waals surface area contributed by atoms with E-state index in [0.717, 1.165) is 19.4 Å². The van der Waals surface area contributed by atoms with E-state index in [-0.39, 0.29) is 5.82 Å². The second-order valence-electron chi connectivity index (χ2n) is 6.38. The fourth-order valence-electron chi connectivity index (χ4n) is 3.75. The molecule has 1 aromatic carbocycles. The molecule has 2 rings (SSSR count). The van der Waals surface area contributed by atoms with Gasteiger partial charge in [-0.25, -0.2) is 4.39 Å². The van der Waals surface area contributed by atoms with Crippen molar-refractivity contribution in [2.45, 2.75) is 64.8 Å². The highest BCUT2D eigenvalue weighted by Gasteiger charge is 2.39. The van der Waals surface area contributed by atoms with Gasteiger partial charge in [0.15, 0.2) is 0 Å². The molecule has 1 saturated carbocycles. The van der Waals surface area contributed by atoms with Gasteiger partial charge < -0.3 is 5.32 Å². The first kappa shape index (κ1) is 17.0. The van der Waals surface area contributed by atoms with Crippen molar-refractivity contribution in [2.24, 2.45) is 5.41 Å². The number of benzene rings is 1. The Morgan fingerprint density at radius 3 is 2.57 bits per heavy atom. The molecule has 0 aliphatic heterocycles. The van der Waals surface area contributed by atoms with Crippen LogP contribution in [0.25, 0.3) is 0 Å². The Hall–Kier alpha value is -0.410. The maximum atomic E-state index is 13.4. The summed E-state index contributed by atoms with van der Waals surface area (Å²) < 4.78 is 14.0. The lowest BCUT2D eigenvalue weighted by atomic mass is 9.74. The molecule has 0 amide bonds. The van der Waals surface area contributed by atoms with Crippen LogP contribution in [0.5, 0.6) is 0 Å². The average molecular weight is 356 g/mol. The number of hydrogen-bond donors (Lipinski definition) is 1. The van der Waals surface area contributed by atoms with Gasteiger partial charge in [-0.15, -0.1) is 0 Å². The largest absolute Gasteiger partial charge is 0.313 e. The minimum absolute atomic E-state index is 0.178. The Balaban J connectivity index is 2.17. The standard InChI is InChI=1S/C18H27BrFN/c1-3-11-21-17(18(4-2)9-5-6-10-18)13-14-7-8-16(20)15(19)12-14/h7-8,12,17,21H,3-6,9-11,13H2,1-2H3. The van der Waals surface area contributed by atoms with Crippen LogP contribution in [-0.2, 0) is 6.42 Å². The van der Waals surface area contributed by atoms with E-state index in [0.29, 0.717) is 15.9 Å². The second kappa shape index (κ2) is 7.73. The lowest BCUT2D eigenvalue weighted by Crippen LogP contribution is -2.45. The second-order valence-corrected chi connectivity index (χ2v) is 7.24. The Labute approximate surface area is 136 Å². The Morgan fingerprint density at radius 2 is 2.00 bits per heavy atom. The summed E-state index contributed by atoms with van der Waals surface area (Å²) in [5.41, 5.74) is 1.65. The molecule has 0 saturated heterocycles. The van der Waals surface area contributed by atoms with E-state index in [2.05, 4.69) is 35.1 Å². The quantitative estimate of drug-likeness (QED) is 0.683. The lowest BCUT2D eigenvalue weighted by Gasteiger charge is -2.38. The Bertz CT molecular complexity index is 455. The van der Waals surface area contributed by atoms with Crippen LogP contribution in [0.2, 0.25) is 0 Å². The fourth-order valence-corrected chi connectivity index (χ4v) is 4.18. The number of halogens is 2. The van der Waals surface area contributed by atoms with Gasteiger partial charge in [0.2, 0.25) is 0 Å². The summed E-state index contributed by atoms with van der Waals surface area (Å²) in [5, 5.41) is 3.78. The molecule has 0 aromatic heterocycles. The van der Waals surface area contributed by atoms with E-state index in [9.17, 15) is 4.39 Å². The minimum atomic E-state index is -0.178. The maximum Gasteiger partial charge on any atom is 0.137 e. The van der Waals surface area contributed by atoms with Crippen molar-refractivity contribution < 1.29 is 4.39 Å². The van der Waals surface area contributed by atoms with Gasteiger partial charge >= 0.3 is 0 Å². The van der Waals surface area contributed by atoms with Gasteiger partial charge in [-0.05, 0) is 77.7 Å². The summed E-state index contributed by atoms with van der Waals surface area (Å²) >= 11 is 3.31. The number of hydrogen-bond acceptors (Lipinski definition) is 1. The third-order valence-corrected chi connectivity index (χ3v) is 5.71. The smallest absolute Gasteiger partial charge is 0.137 e. The van der Waals surface area contributed by atoms with Crippen LogP contribution in [0.15, 0.2) is 22.7 Å². The van der Waals surface area contributed by atoms with E-state index in [1.165, 1.54) is 37.7 Å². The highest BCUT2D eigenvalue weighted by atomic mass is 79.9. The van der Waals surface area contributed by atoms with Crippen molar-refractivity contribution >= 4 is 15.9 Å². The summed E-state index contributed by atoms with van der Waals surface area (Å²) in [4.78, 5) is 0. The molecule has 1 aromatic rings. The van der Waals surface area contributed by atoms with Crippen molar-refractivity contribution in [3.63, 3.8) is 0 Å². The van der Waals surface area contributed by atoms with E-state index >= 15 is 0 Å². The molecule has 0 bridgehead atoms. The van der Waals surface area contributed by atoms with Crippen molar-refractivity contribution in [1.82, 2.24) is 5.32 Å². The van der Waals surface area contributed by atoms with Gasteiger partial charge in [-0.3, -0.25) is 0 Å². The summed E-state index contributed by atoms with van der Waals surface area (Å²) in [5.74, 6) is -0.178. The Kier molecular flexibility index (Phi) is 6.24. The van der Waals surface area contributed by atoms with Crippen molar-refractivity contribution in [1.29, 1.82) is 0 Å². The normalized spacial score (nSPS) is 18.9. The molecule has 1 aliphatic carbocycles. The van der Waals surface area contributed by atoms with Crippen LogP contribution in [0.3, 0.4) is 0 Å². The van der Waals surface area contributed by atoms with E-state index in [1.807, 2.05) is 12.1 Å². The SMILES string of the molecule is CCCNC(Cc1ccc(F)c(Br)c1)C1(CC)CCCC1. The zero-order valence-corrected chi connectivity index (χ0v) is 14.8. The summed E-state index contributed by atoms with van der Waals surface area (Å²) in [7, 11) is 0. The van der Waals surface area contributed by atoms with Crippen LogP contribution in [-0.4, -0.2) is 12.6 Å². The molecule has 1 nitrogen and oxygen atoms in total. The lowest BCUT2D eigenvalue weighted by molar-refractivity contribution is 0.184. The first-order valence-corrected chi connectivity index (χ1v) is 9.08. The molecular weight excluding hydrogens is 329 g/mol. The zero-order chi connectivity index (χ0) is 15.3. The molecule has 0 heterocycles. The highest BCUT2D eigenvalue weighted by Crippen LogP contribution is 2.44. The predicted molar refractivity (Wildman–Crippen MR) is 91.1 cm³/mol. The van der Waals surface area contributed by atoms with E-state index in [1.54, 1.807) is 6.07 Å². The molecule has 1 unspecified atom stereocenters. The fraction of sp³-hybridized carbons (Fsp3) is 0.667. The molecule has 1 aliphatic rings. The van der Waals surface area contributed by atoms with Gasteiger partial charge in [-0.2, -0.15) is 0 Å². The van der Waals surface area contributed by atoms with Crippen LogP contribution < -0.4 is 5.32 Å². The van der Waals surface area contributed by atoms with Gasteiger partial charge in [0, 0.05) is 6.04 Å². The molecular formula is C18H27BrFN. The summed E-state index contributed by atoms with van der Waals surface area (Å²) in [6.45, 7) is 5.60. The first-order chi connectivity index (χ1) is 10.1. The van der Waals surface area contributed by atoms with Crippen molar-refractivity contribution in [3.05, 3.63) is 34.1 Å². The average Bonchev–Trinajstić information content (AvgIpc) is 2.97. The molecule has 1 N–H and O–H groups in total. The topological polar surface area (TPSA) is 12.0 Å². The zero-order valence-electron chi connectivity index (χ0n) is 13.2. The van der Waals surface area contributed by atoms with Gasteiger partial charge in [0.1, 0.15) is 5.82 Å².